The molecule has 19 heavy (non-hydrogen) atoms. The van der Waals surface area contributed by atoms with E-state index < -0.39 is 0 Å². The first-order valence-corrected chi connectivity index (χ1v) is 7.04. The van der Waals surface area contributed by atoms with Gasteiger partial charge in [-0.1, -0.05) is 18.4 Å². The predicted molar refractivity (Wildman–Crippen MR) is 75.2 cm³/mol. The SMILES string of the molecule is C[C@]12Cc3cn[nH]c3C=C1CCC[C@@H]2CC#CCO. The first-order chi connectivity index (χ1) is 9.24. The average molecular weight is 256 g/mol. The second-order valence-corrected chi connectivity index (χ2v) is 5.88. The third-order valence-corrected chi connectivity index (χ3v) is 4.81. The molecule has 2 atom stereocenters. The zero-order chi connectivity index (χ0) is 13.3. The van der Waals surface area contributed by atoms with Gasteiger partial charge < -0.3 is 5.11 Å². The van der Waals surface area contributed by atoms with Gasteiger partial charge in [-0.15, -0.1) is 5.92 Å². The summed E-state index contributed by atoms with van der Waals surface area (Å²) in [4.78, 5) is 0. The molecule has 0 bridgehead atoms. The summed E-state index contributed by atoms with van der Waals surface area (Å²) in [5.74, 6) is 6.51. The van der Waals surface area contributed by atoms with Crippen LogP contribution in [0.15, 0.2) is 11.8 Å². The zero-order valence-corrected chi connectivity index (χ0v) is 11.4. The lowest BCUT2D eigenvalue weighted by atomic mass is 9.59. The highest BCUT2D eigenvalue weighted by Crippen LogP contribution is 2.51. The summed E-state index contributed by atoms with van der Waals surface area (Å²) in [5.41, 5.74) is 4.29. The molecule has 2 aliphatic rings. The minimum absolute atomic E-state index is 0.0298. The molecule has 1 heterocycles. The van der Waals surface area contributed by atoms with Crippen LogP contribution in [0, 0.1) is 23.2 Å². The molecular weight excluding hydrogens is 236 g/mol. The number of aromatic nitrogens is 2. The first kappa shape index (κ1) is 12.5. The number of nitrogens with one attached hydrogen (secondary N) is 1. The maximum atomic E-state index is 8.80. The summed E-state index contributed by atoms with van der Waals surface area (Å²) in [6.07, 6.45) is 9.89. The number of H-pyrrole nitrogens is 1. The molecule has 100 valence electrons. The molecule has 1 aromatic heterocycles. The number of aromatic amines is 1. The van der Waals surface area contributed by atoms with E-state index in [-0.39, 0.29) is 12.0 Å². The minimum atomic E-state index is -0.0298. The lowest BCUT2D eigenvalue weighted by Crippen LogP contribution is -2.36. The summed E-state index contributed by atoms with van der Waals surface area (Å²) in [6, 6.07) is 0. The van der Waals surface area contributed by atoms with Crippen LogP contribution < -0.4 is 0 Å². The monoisotopic (exact) mass is 256 g/mol. The van der Waals surface area contributed by atoms with Gasteiger partial charge in [-0.25, -0.2) is 0 Å². The molecule has 3 nitrogen and oxygen atoms in total. The molecule has 2 aliphatic carbocycles. The molecule has 3 rings (SSSR count). The molecule has 1 aromatic rings. The van der Waals surface area contributed by atoms with Crippen molar-refractivity contribution in [1.82, 2.24) is 10.2 Å². The van der Waals surface area contributed by atoms with Gasteiger partial charge in [-0.3, -0.25) is 5.10 Å². The standard InChI is InChI=1S/C16H20N2O/c1-16-10-12-11-17-18-15(12)9-14(16)7-4-6-13(16)5-2-3-8-19/h9,11,13,19H,4-8,10H2,1H3,(H,17,18)/t13-,16+/m0/s1. The smallest absolute Gasteiger partial charge is 0.104 e. The highest BCUT2D eigenvalue weighted by molar-refractivity contribution is 5.58. The molecule has 0 radical (unpaired) electrons. The van der Waals surface area contributed by atoms with Gasteiger partial charge in [-0.05, 0) is 48.7 Å². The molecule has 3 heteroatoms. The van der Waals surface area contributed by atoms with Crippen molar-refractivity contribution in [2.24, 2.45) is 11.3 Å². The Hall–Kier alpha value is -1.53. The Labute approximate surface area is 114 Å². The Morgan fingerprint density at radius 3 is 3.26 bits per heavy atom. The van der Waals surface area contributed by atoms with Gasteiger partial charge in [0.2, 0.25) is 0 Å². The number of fused-ring (bicyclic) bond motifs is 2. The fourth-order valence-corrected chi connectivity index (χ4v) is 3.64. The third-order valence-electron chi connectivity index (χ3n) is 4.81. The Balaban J connectivity index is 1.90. The van der Waals surface area contributed by atoms with Gasteiger partial charge in [-0.2, -0.15) is 5.10 Å². The summed E-state index contributed by atoms with van der Waals surface area (Å²) in [7, 11) is 0. The minimum Gasteiger partial charge on any atom is -0.384 e. The van der Waals surface area contributed by atoms with Crippen molar-refractivity contribution < 1.29 is 5.11 Å². The molecule has 1 saturated carbocycles. The van der Waals surface area contributed by atoms with Crippen LogP contribution in [0.1, 0.15) is 43.9 Å². The second kappa shape index (κ2) is 4.86. The lowest BCUT2D eigenvalue weighted by molar-refractivity contribution is 0.185. The van der Waals surface area contributed by atoms with Crippen molar-refractivity contribution in [3.05, 3.63) is 23.0 Å². The highest BCUT2D eigenvalue weighted by Gasteiger charge is 2.42. The van der Waals surface area contributed by atoms with Crippen molar-refractivity contribution in [2.45, 2.75) is 39.0 Å². The Morgan fingerprint density at radius 2 is 2.42 bits per heavy atom. The largest absolute Gasteiger partial charge is 0.384 e. The predicted octanol–water partition coefficient (Wildman–Crippen LogP) is 2.54. The molecule has 0 spiro atoms. The molecule has 0 saturated heterocycles. The van der Waals surface area contributed by atoms with Crippen LogP contribution in [-0.2, 0) is 6.42 Å². The van der Waals surface area contributed by atoms with E-state index in [0.717, 1.165) is 12.8 Å². The van der Waals surface area contributed by atoms with Gasteiger partial charge in [0.05, 0.1) is 11.9 Å². The van der Waals surface area contributed by atoms with Gasteiger partial charge in [0.15, 0.2) is 0 Å². The molecular formula is C16H20N2O. The van der Waals surface area contributed by atoms with E-state index in [1.807, 2.05) is 6.20 Å². The van der Waals surface area contributed by atoms with Crippen molar-refractivity contribution in [3.63, 3.8) is 0 Å². The molecule has 0 unspecified atom stereocenters. The maximum Gasteiger partial charge on any atom is 0.104 e. The Bertz CT molecular complexity index is 561. The number of aliphatic hydroxyl groups is 1. The van der Waals surface area contributed by atoms with Crippen LogP contribution in [0.25, 0.3) is 6.08 Å². The van der Waals surface area contributed by atoms with E-state index in [4.69, 9.17) is 5.11 Å². The average Bonchev–Trinajstić information content (AvgIpc) is 2.83. The number of rotatable bonds is 1. The molecule has 0 aliphatic heterocycles. The fraction of sp³-hybridized carbons (Fsp3) is 0.562. The summed E-state index contributed by atoms with van der Waals surface area (Å²) < 4.78 is 0. The fourth-order valence-electron chi connectivity index (χ4n) is 3.64. The second-order valence-electron chi connectivity index (χ2n) is 5.88. The normalized spacial score (nSPS) is 28.7. The van der Waals surface area contributed by atoms with Crippen LogP contribution in [0.5, 0.6) is 0 Å². The van der Waals surface area contributed by atoms with Crippen molar-refractivity contribution in [3.8, 4) is 11.8 Å². The van der Waals surface area contributed by atoms with E-state index in [0.29, 0.717) is 5.92 Å². The maximum absolute atomic E-state index is 8.80. The highest BCUT2D eigenvalue weighted by atomic mass is 16.2. The number of aliphatic hydroxyl groups excluding tert-OH is 1. The lowest BCUT2D eigenvalue weighted by Gasteiger charge is -2.45. The van der Waals surface area contributed by atoms with Crippen LogP contribution in [0.4, 0.5) is 0 Å². The van der Waals surface area contributed by atoms with Crippen LogP contribution >= 0.6 is 0 Å². The number of hydrogen-bond acceptors (Lipinski definition) is 2. The van der Waals surface area contributed by atoms with E-state index >= 15 is 0 Å². The topological polar surface area (TPSA) is 48.9 Å². The van der Waals surface area contributed by atoms with Crippen molar-refractivity contribution >= 4 is 6.08 Å². The van der Waals surface area contributed by atoms with E-state index in [2.05, 4.69) is 35.0 Å². The van der Waals surface area contributed by atoms with Gasteiger partial charge in [0.1, 0.15) is 6.61 Å². The van der Waals surface area contributed by atoms with Crippen LogP contribution in [0.3, 0.4) is 0 Å². The quantitative estimate of drug-likeness (QED) is 0.759. The van der Waals surface area contributed by atoms with E-state index in [9.17, 15) is 0 Å². The number of allylic oxidation sites excluding steroid dienone is 1. The van der Waals surface area contributed by atoms with Crippen LogP contribution in [-0.4, -0.2) is 21.9 Å². The zero-order valence-electron chi connectivity index (χ0n) is 11.4. The Kier molecular flexibility index (Phi) is 3.20. The summed E-state index contributed by atoms with van der Waals surface area (Å²) in [5, 5.41) is 16.0. The Morgan fingerprint density at radius 1 is 1.53 bits per heavy atom. The molecule has 1 fully saturated rings. The van der Waals surface area contributed by atoms with Crippen molar-refractivity contribution in [1.29, 1.82) is 0 Å². The van der Waals surface area contributed by atoms with Gasteiger partial charge in [0, 0.05) is 6.42 Å². The summed E-state index contributed by atoms with van der Waals surface area (Å²) >= 11 is 0. The van der Waals surface area contributed by atoms with E-state index in [1.54, 1.807) is 5.57 Å². The number of nitrogens with zero attached hydrogens (tertiary/aromatic N) is 1. The van der Waals surface area contributed by atoms with Crippen molar-refractivity contribution in [2.75, 3.05) is 6.61 Å². The molecule has 2 N–H and O–H groups in total. The third kappa shape index (κ3) is 2.11. The van der Waals surface area contributed by atoms with Crippen LogP contribution in [0.2, 0.25) is 0 Å². The molecule has 0 amide bonds. The first-order valence-electron chi connectivity index (χ1n) is 7.04. The molecule has 0 aromatic carbocycles. The van der Waals surface area contributed by atoms with Gasteiger partial charge in [0.25, 0.3) is 0 Å². The van der Waals surface area contributed by atoms with E-state index in [1.165, 1.54) is 30.5 Å². The van der Waals surface area contributed by atoms with Gasteiger partial charge >= 0.3 is 0 Å². The summed E-state index contributed by atoms with van der Waals surface area (Å²) in [6.45, 7) is 2.34. The number of hydrogen-bond donors (Lipinski definition) is 2.